The van der Waals surface area contributed by atoms with Crippen molar-refractivity contribution in [3.05, 3.63) is 39.1 Å². The Bertz CT molecular complexity index is 465. The van der Waals surface area contributed by atoms with Gasteiger partial charge < -0.3 is 0 Å². The summed E-state index contributed by atoms with van der Waals surface area (Å²) in [6.07, 6.45) is 1.74. The monoisotopic (exact) mass is 291 g/mol. The lowest BCUT2D eigenvalue weighted by atomic mass is 10.0. The zero-order chi connectivity index (χ0) is 15.8. The van der Waals surface area contributed by atoms with Crippen LogP contribution in [0.5, 0.6) is 0 Å². The standard InChI is InChI=1S/C16H25N3O2/c1-12(2)19(13(3)4)9-5-6-15-10-14(11-17-20)7-8-16(15)18-21/h7-8,10,12-13H,5-6,9,11H2,1-4H3. The molecule has 5 heteroatoms. The number of nitroso groups, excluding NO2 is 2. The second-order valence-electron chi connectivity index (χ2n) is 5.87. The van der Waals surface area contributed by atoms with Crippen LogP contribution in [0.3, 0.4) is 0 Å². The number of nitrogens with zero attached hydrogens (tertiary/aromatic N) is 3. The van der Waals surface area contributed by atoms with Gasteiger partial charge in [-0.15, -0.1) is 4.91 Å². The lowest BCUT2D eigenvalue weighted by Gasteiger charge is -2.30. The molecule has 1 aromatic rings. The van der Waals surface area contributed by atoms with E-state index < -0.39 is 0 Å². The van der Waals surface area contributed by atoms with Crippen LogP contribution in [0.15, 0.2) is 28.6 Å². The molecule has 21 heavy (non-hydrogen) atoms. The molecular weight excluding hydrogens is 266 g/mol. The molecule has 0 heterocycles. The molecule has 0 radical (unpaired) electrons. The number of hydrogen-bond donors (Lipinski definition) is 0. The first kappa shape index (κ1) is 17.4. The normalized spacial score (nSPS) is 11.4. The average Bonchev–Trinajstić information content (AvgIpc) is 2.43. The fourth-order valence-corrected chi connectivity index (χ4v) is 2.67. The van der Waals surface area contributed by atoms with Crippen molar-refractivity contribution in [3.8, 4) is 0 Å². The molecule has 0 aliphatic heterocycles. The third-order valence-corrected chi connectivity index (χ3v) is 3.68. The van der Waals surface area contributed by atoms with Crippen LogP contribution in [0.4, 0.5) is 5.69 Å². The highest BCUT2D eigenvalue weighted by Crippen LogP contribution is 2.23. The van der Waals surface area contributed by atoms with E-state index in [4.69, 9.17) is 0 Å². The molecule has 5 nitrogen and oxygen atoms in total. The minimum atomic E-state index is 0.135. The van der Waals surface area contributed by atoms with Crippen LogP contribution in [-0.4, -0.2) is 23.5 Å². The molecule has 0 fully saturated rings. The third kappa shape index (κ3) is 5.34. The quantitative estimate of drug-likeness (QED) is 0.633. The topological polar surface area (TPSA) is 62.1 Å². The minimum Gasteiger partial charge on any atom is -0.299 e. The Hall–Kier alpha value is -1.62. The zero-order valence-corrected chi connectivity index (χ0v) is 13.4. The fraction of sp³-hybridized carbons (Fsp3) is 0.625. The predicted octanol–water partition coefficient (Wildman–Crippen LogP) is 4.40. The summed E-state index contributed by atoms with van der Waals surface area (Å²) in [5, 5.41) is 5.96. The molecular formula is C16H25N3O2. The van der Waals surface area contributed by atoms with Gasteiger partial charge in [0.25, 0.3) is 0 Å². The summed E-state index contributed by atoms with van der Waals surface area (Å²) in [5.41, 5.74) is 2.20. The SMILES string of the molecule is CC(C)N(CCCc1cc(CN=O)ccc1N=O)C(C)C. The molecule has 1 rings (SSSR count). The highest BCUT2D eigenvalue weighted by atomic mass is 16.3. The Balaban J connectivity index is 2.71. The second kappa shape index (κ2) is 8.62. The number of benzene rings is 1. The maximum atomic E-state index is 10.9. The van der Waals surface area contributed by atoms with E-state index in [1.54, 1.807) is 12.1 Å². The average molecular weight is 291 g/mol. The summed E-state index contributed by atoms with van der Waals surface area (Å²) >= 11 is 0. The van der Waals surface area contributed by atoms with Gasteiger partial charge in [-0.05, 0) is 69.5 Å². The van der Waals surface area contributed by atoms with Gasteiger partial charge in [0.15, 0.2) is 0 Å². The van der Waals surface area contributed by atoms with Gasteiger partial charge in [0.2, 0.25) is 0 Å². The van der Waals surface area contributed by atoms with Crippen molar-refractivity contribution in [3.63, 3.8) is 0 Å². The number of hydrogen-bond acceptors (Lipinski definition) is 5. The lowest BCUT2D eigenvalue weighted by molar-refractivity contribution is 0.173. The van der Waals surface area contributed by atoms with Gasteiger partial charge in [-0.2, -0.15) is 4.91 Å². The molecule has 0 N–H and O–H groups in total. The molecule has 0 amide bonds. The summed E-state index contributed by atoms with van der Waals surface area (Å²) < 4.78 is 0. The lowest BCUT2D eigenvalue weighted by Crippen LogP contribution is -2.37. The minimum absolute atomic E-state index is 0.135. The summed E-state index contributed by atoms with van der Waals surface area (Å²) in [6, 6.07) is 6.27. The van der Waals surface area contributed by atoms with E-state index in [2.05, 4.69) is 42.9 Å². The van der Waals surface area contributed by atoms with E-state index in [9.17, 15) is 9.81 Å². The van der Waals surface area contributed by atoms with Crippen molar-refractivity contribution in [2.45, 2.75) is 59.2 Å². The number of aryl methyl sites for hydroxylation is 1. The van der Waals surface area contributed by atoms with Crippen LogP contribution in [0.25, 0.3) is 0 Å². The van der Waals surface area contributed by atoms with E-state index in [1.807, 2.05) is 6.07 Å². The fourth-order valence-electron chi connectivity index (χ4n) is 2.67. The van der Waals surface area contributed by atoms with E-state index in [-0.39, 0.29) is 6.54 Å². The van der Waals surface area contributed by atoms with Gasteiger partial charge in [-0.3, -0.25) is 4.90 Å². The molecule has 0 bridgehead atoms. The van der Waals surface area contributed by atoms with Crippen molar-refractivity contribution in [1.29, 1.82) is 0 Å². The molecule has 0 aromatic heterocycles. The maximum absolute atomic E-state index is 10.9. The van der Waals surface area contributed by atoms with Gasteiger partial charge in [0, 0.05) is 12.1 Å². The zero-order valence-electron chi connectivity index (χ0n) is 13.4. The maximum Gasteiger partial charge on any atom is 0.111 e. The summed E-state index contributed by atoms with van der Waals surface area (Å²) in [5.74, 6) is 0. The van der Waals surface area contributed by atoms with Crippen molar-refractivity contribution in [2.75, 3.05) is 6.54 Å². The molecule has 0 spiro atoms. The van der Waals surface area contributed by atoms with E-state index in [0.717, 1.165) is 30.5 Å². The first-order valence-corrected chi connectivity index (χ1v) is 7.49. The molecule has 0 saturated carbocycles. The van der Waals surface area contributed by atoms with E-state index >= 15 is 0 Å². The Kier molecular flexibility index (Phi) is 7.15. The van der Waals surface area contributed by atoms with E-state index in [1.165, 1.54) is 0 Å². The Labute approximate surface area is 126 Å². The van der Waals surface area contributed by atoms with Crippen molar-refractivity contribution in [1.82, 2.24) is 4.90 Å². The molecule has 0 atom stereocenters. The van der Waals surface area contributed by atoms with Gasteiger partial charge in [0.05, 0.1) is 0 Å². The van der Waals surface area contributed by atoms with Crippen molar-refractivity contribution in [2.24, 2.45) is 10.4 Å². The number of rotatable bonds is 9. The van der Waals surface area contributed by atoms with Crippen molar-refractivity contribution < 1.29 is 0 Å². The molecule has 0 unspecified atom stereocenters. The van der Waals surface area contributed by atoms with E-state index in [0.29, 0.717) is 17.8 Å². The highest BCUT2D eigenvalue weighted by molar-refractivity contribution is 5.47. The predicted molar refractivity (Wildman–Crippen MR) is 86.7 cm³/mol. The van der Waals surface area contributed by atoms with Crippen LogP contribution >= 0.6 is 0 Å². The molecule has 1 aromatic carbocycles. The van der Waals surface area contributed by atoms with Gasteiger partial charge in [-0.1, -0.05) is 17.3 Å². The van der Waals surface area contributed by atoms with Crippen molar-refractivity contribution >= 4 is 5.69 Å². The summed E-state index contributed by atoms with van der Waals surface area (Å²) in [7, 11) is 0. The second-order valence-corrected chi connectivity index (χ2v) is 5.87. The van der Waals surface area contributed by atoms with Crippen LogP contribution in [0, 0.1) is 9.81 Å². The summed E-state index contributed by atoms with van der Waals surface area (Å²) in [6.45, 7) is 9.87. The van der Waals surface area contributed by atoms with Crippen LogP contribution in [0.2, 0.25) is 0 Å². The highest BCUT2D eigenvalue weighted by Gasteiger charge is 2.13. The Morgan fingerprint density at radius 3 is 2.29 bits per heavy atom. The van der Waals surface area contributed by atoms with Crippen LogP contribution in [0.1, 0.15) is 45.2 Å². The molecule has 116 valence electrons. The van der Waals surface area contributed by atoms with Gasteiger partial charge in [-0.25, -0.2) is 0 Å². The molecule has 0 aliphatic rings. The Morgan fingerprint density at radius 2 is 1.76 bits per heavy atom. The van der Waals surface area contributed by atoms with Crippen LogP contribution < -0.4 is 0 Å². The molecule has 0 saturated heterocycles. The van der Waals surface area contributed by atoms with Crippen LogP contribution in [-0.2, 0) is 13.0 Å². The first-order valence-electron chi connectivity index (χ1n) is 7.49. The first-order chi connectivity index (χ1) is 9.99. The third-order valence-electron chi connectivity index (χ3n) is 3.68. The largest absolute Gasteiger partial charge is 0.299 e. The Morgan fingerprint density at radius 1 is 1.10 bits per heavy atom. The smallest absolute Gasteiger partial charge is 0.111 e. The molecule has 0 aliphatic carbocycles. The summed E-state index contributed by atoms with van der Waals surface area (Å²) in [4.78, 5) is 23.6. The van der Waals surface area contributed by atoms with Gasteiger partial charge in [0.1, 0.15) is 12.2 Å². The van der Waals surface area contributed by atoms with Gasteiger partial charge >= 0.3 is 0 Å².